The number of halogens is 7. The van der Waals surface area contributed by atoms with Crippen LogP contribution in [0.4, 0.5) is 36.8 Å². The van der Waals surface area contributed by atoms with E-state index in [0.29, 0.717) is 49.7 Å². The molecule has 6 nitrogen and oxygen atoms in total. The summed E-state index contributed by atoms with van der Waals surface area (Å²) in [6.45, 7) is 2.75. The maximum absolute atomic E-state index is 12.8. The predicted octanol–water partition coefficient (Wildman–Crippen LogP) is 5.77. The molecule has 2 bridgehead atoms. The minimum absolute atomic E-state index is 0.0165. The van der Waals surface area contributed by atoms with Crippen LogP contribution >= 0.6 is 11.6 Å². The molecule has 5 rings (SSSR count). The Balaban J connectivity index is 1.25. The Morgan fingerprint density at radius 2 is 1.66 bits per heavy atom. The first-order chi connectivity index (χ1) is 17.9. The summed E-state index contributed by atoms with van der Waals surface area (Å²) < 4.78 is 86.5. The smallest absolute Gasteiger partial charge is 0.426 e. The number of anilines is 1. The molecule has 0 aliphatic carbocycles. The molecule has 4 saturated heterocycles. The third kappa shape index (κ3) is 5.28. The topological polar surface area (TPSA) is 45.2 Å². The molecule has 1 spiro atoms. The highest BCUT2D eigenvalue weighted by molar-refractivity contribution is 6.34. The molecular formula is C25H30ClF6N3O3. The summed E-state index contributed by atoms with van der Waals surface area (Å²) in [5.74, 6) is 0. The Hall–Kier alpha value is -1.92. The van der Waals surface area contributed by atoms with E-state index in [1.165, 1.54) is 0 Å². The number of alkyl halides is 6. The average molecular weight is 570 g/mol. The van der Waals surface area contributed by atoms with Crippen molar-refractivity contribution in [3.05, 3.63) is 28.8 Å². The Labute approximate surface area is 221 Å². The van der Waals surface area contributed by atoms with Crippen molar-refractivity contribution in [3.8, 4) is 0 Å². The standard InChI is InChI=1S/C25H30ClF6N3O3/c26-20-16(3-1-4-19(20)35-17-5-6-18(35)15-37-14-17)13-34-10-2-7-23(34)8-11-33(12-9-23)22(36)38-21(24(27,28)29)25(30,31)32/h1,3-4,17-18,21H,2,5-15H2. The van der Waals surface area contributed by atoms with Crippen LogP contribution < -0.4 is 4.90 Å². The summed E-state index contributed by atoms with van der Waals surface area (Å²) in [6, 6.07) is 6.61. The monoisotopic (exact) mass is 569 g/mol. The van der Waals surface area contributed by atoms with E-state index in [2.05, 4.69) is 14.5 Å². The average Bonchev–Trinajstić information content (AvgIpc) is 3.33. The van der Waals surface area contributed by atoms with Gasteiger partial charge in [0.1, 0.15) is 0 Å². The Bertz CT molecular complexity index is 1000. The van der Waals surface area contributed by atoms with Crippen LogP contribution in [0.3, 0.4) is 0 Å². The summed E-state index contributed by atoms with van der Waals surface area (Å²) in [5, 5.41) is 0.694. The molecule has 1 aromatic rings. The molecule has 13 heteroatoms. The number of hydrogen-bond acceptors (Lipinski definition) is 5. The Morgan fingerprint density at radius 1 is 1.03 bits per heavy atom. The number of piperidine rings is 1. The molecule has 0 N–H and O–H groups in total. The van der Waals surface area contributed by atoms with Gasteiger partial charge in [0.25, 0.3) is 6.10 Å². The second-order valence-corrected chi connectivity index (χ2v) is 11.0. The highest BCUT2D eigenvalue weighted by Gasteiger charge is 2.60. The van der Waals surface area contributed by atoms with Gasteiger partial charge in [-0.05, 0) is 56.7 Å². The molecular weight excluding hydrogens is 540 g/mol. The molecule has 4 aliphatic heterocycles. The summed E-state index contributed by atoms with van der Waals surface area (Å²) in [7, 11) is 0. The van der Waals surface area contributed by atoms with Gasteiger partial charge < -0.3 is 19.3 Å². The van der Waals surface area contributed by atoms with Gasteiger partial charge in [0.05, 0.1) is 36.0 Å². The van der Waals surface area contributed by atoms with E-state index in [-0.39, 0.29) is 18.6 Å². The molecule has 4 heterocycles. The number of hydrogen-bond donors (Lipinski definition) is 0. The third-order valence-corrected chi connectivity index (χ3v) is 8.88. The van der Waals surface area contributed by atoms with E-state index in [1.54, 1.807) is 0 Å². The number of nitrogens with zero attached hydrogens (tertiary/aromatic N) is 3. The summed E-state index contributed by atoms with van der Waals surface area (Å²) in [5.41, 5.74) is 1.66. The van der Waals surface area contributed by atoms with Crippen LogP contribution in [-0.4, -0.2) is 84.8 Å². The fraction of sp³-hybridized carbons (Fsp3) is 0.720. The molecule has 2 atom stereocenters. The molecule has 212 valence electrons. The number of likely N-dealkylation sites (tertiary alicyclic amines) is 2. The maximum atomic E-state index is 12.8. The number of amides is 1. The number of carbonyl (C=O) groups is 1. The van der Waals surface area contributed by atoms with E-state index < -0.39 is 24.5 Å². The van der Waals surface area contributed by atoms with E-state index in [4.69, 9.17) is 16.3 Å². The fourth-order valence-corrected chi connectivity index (χ4v) is 6.81. The molecule has 0 aromatic heterocycles. The van der Waals surface area contributed by atoms with E-state index in [1.807, 2.05) is 18.2 Å². The number of carbonyl (C=O) groups excluding carboxylic acids is 1. The van der Waals surface area contributed by atoms with Gasteiger partial charge in [-0.15, -0.1) is 0 Å². The Kier molecular flexibility index (Phi) is 7.45. The highest BCUT2D eigenvalue weighted by atomic mass is 35.5. The highest BCUT2D eigenvalue weighted by Crippen LogP contribution is 2.43. The van der Waals surface area contributed by atoms with Crippen molar-refractivity contribution in [2.24, 2.45) is 0 Å². The zero-order valence-electron chi connectivity index (χ0n) is 20.7. The molecule has 4 fully saturated rings. The molecule has 0 saturated carbocycles. The molecule has 0 radical (unpaired) electrons. The van der Waals surface area contributed by atoms with Crippen molar-refractivity contribution in [2.75, 3.05) is 37.7 Å². The minimum Gasteiger partial charge on any atom is -0.426 e. The normalized spacial score (nSPS) is 26.0. The number of morpholine rings is 1. The van der Waals surface area contributed by atoms with Gasteiger partial charge >= 0.3 is 18.4 Å². The minimum atomic E-state index is -5.73. The largest absolute Gasteiger partial charge is 0.434 e. The van der Waals surface area contributed by atoms with Gasteiger partial charge in [0, 0.05) is 25.2 Å². The quantitative estimate of drug-likeness (QED) is 0.431. The fourth-order valence-electron chi connectivity index (χ4n) is 6.52. The van der Waals surface area contributed by atoms with Crippen molar-refractivity contribution in [1.82, 2.24) is 9.80 Å². The second kappa shape index (κ2) is 10.2. The van der Waals surface area contributed by atoms with Gasteiger partial charge in [-0.25, -0.2) is 4.79 Å². The van der Waals surface area contributed by atoms with Crippen molar-refractivity contribution in [1.29, 1.82) is 0 Å². The molecule has 38 heavy (non-hydrogen) atoms. The lowest BCUT2D eigenvalue weighted by Crippen LogP contribution is -2.54. The summed E-state index contributed by atoms with van der Waals surface area (Å²) in [6.07, 6.45) is -12.5. The second-order valence-electron chi connectivity index (χ2n) is 10.7. The lowest BCUT2D eigenvalue weighted by molar-refractivity contribution is -0.308. The number of ether oxygens (including phenoxy) is 2. The lowest BCUT2D eigenvalue weighted by Gasteiger charge is -2.45. The van der Waals surface area contributed by atoms with Crippen molar-refractivity contribution in [2.45, 2.75) is 81.1 Å². The predicted molar refractivity (Wildman–Crippen MR) is 127 cm³/mol. The van der Waals surface area contributed by atoms with E-state index >= 15 is 0 Å². The van der Waals surface area contributed by atoms with Gasteiger partial charge in [-0.3, -0.25) is 4.90 Å². The van der Waals surface area contributed by atoms with Gasteiger partial charge in [-0.1, -0.05) is 23.7 Å². The third-order valence-electron chi connectivity index (χ3n) is 8.44. The van der Waals surface area contributed by atoms with Crippen molar-refractivity contribution < 1.29 is 40.6 Å². The first kappa shape index (κ1) is 27.6. The van der Waals surface area contributed by atoms with Gasteiger partial charge in [0.2, 0.25) is 0 Å². The van der Waals surface area contributed by atoms with E-state index in [0.717, 1.165) is 48.4 Å². The zero-order valence-corrected chi connectivity index (χ0v) is 21.4. The van der Waals surface area contributed by atoms with Crippen LogP contribution in [0, 0.1) is 0 Å². The van der Waals surface area contributed by atoms with Crippen molar-refractivity contribution in [3.63, 3.8) is 0 Å². The first-order valence-electron chi connectivity index (χ1n) is 12.9. The van der Waals surface area contributed by atoms with Crippen LogP contribution in [0.1, 0.15) is 44.1 Å². The first-order valence-corrected chi connectivity index (χ1v) is 13.2. The van der Waals surface area contributed by atoms with Gasteiger partial charge in [0.15, 0.2) is 0 Å². The van der Waals surface area contributed by atoms with Crippen LogP contribution in [0.25, 0.3) is 0 Å². The molecule has 2 unspecified atom stereocenters. The van der Waals surface area contributed by atoms with Crippen LogP contribution in [0.2, 0.25) is 5.02 Å². The summed E-state index contributed by atoms with van der Waals surface area (Å²) in [4.78, 5) is 17.8. The maximum Gasteiger partial charge on any atom is 0.434 e. The van der Waals surface area contributed by atoms with Crippen LogP contribution in [-0.2, 0) is 16.0 Å². The van der Waals surface area contributed by atoms with E-state index in [9.17, 15) is 31.1 Å². The van der Waals surface area contributed by atoms with Gasteiger partial charge in [-0.2, -0.15) is 26.3 Å². The lowest BCUT2D eigenvalue weighted by atomic mass is 9.85. The number of fused-ring (bicyclic) bond motifs is 2. The van der Waals surface area contributed by atoms with Crippen LogP contribution in [0.15, 0.2) is 18.2 Å². The number of benzene rings is 1. The van der Waals surface area contributed by atoms with Crippen LogP contribution in [0.5, 0.6) is 0 Å². The molecule has 1 aromatic carbocycles. The molecule has 4 aliphatic rings. The van der Waals surface area contributed by atoms with Crippen molar-refractivity contribution >= 4 is 23.4 Å². The summed E-state index contributed by atoms with van der Waals surface area (Å²) >= 11 is 6.93. The Morgan fingerprint density at radius 3 is 2.26 bits per heavy atom. The number of rotatable bonds is 4. The zero-order chi connectivity index (χ0) is 27.3. The molecule has 1 amide bonds. The SMILES string of the molecule is O=C(OC(C(F)(F)F)C(F)(F)F)N1CCC2(CCCN2Cc2cccc(N3C4CCC3COC4)c2Cl)CC1.